The van der Waals surface area contributed by atoms with Crippen LogP contribution in [0.1, 0.15) is 35.7 Å². The first-order chi connectivity index (χ1) is 13.0. The van der Waals surface area contributed by atoms with Gasteiger partial charge in [-0.15, -0.1) is 0 Å². The number of para-hydroxylation sites is 1. The molecule has 1 amide bonds. The van der Waals surface area contributed by atoms with E-state index in [1.807, 2.05) is 0 Å². The van der Waals surface area contributed by atoms with Crippen molar-refractivity contribution in [3.8, 4) is 5.75 Å². The Morgan fingerprint density at radius 3 is 2.44 bits per heavy atom. The largest absolute Gasteiger partial charge is 0.461 e. The van der Waals surface area contributed by atoms with Gasteiger partial charge in [0.2, 0.25) is 0 Å². The molecule has 2 rings (SSSR count). The Labute approximate surface area is 162 Å². The van der Waals surface area contributed by atoms with Crippen LogP contribution in [0.4, 0.5) is 0 Å². The van der Waals surface area contributed by atoms with E-state index in [0.717, 1.165) is 5.56 Å². The second kappa shape index (κ2) is 10.3. The summed E-state index contributed by atoms with van der Waals surface area (Å²) in [6.45, 7) is 1.74. The van der Waals surface area contributed by atoms with Gasteiger partial charge in [-0.25, -0.2) is 0 Å². The standard InChI is InChI=1S/C20H20ClNO5/c1-14(23)27-18-6-3-2-5-17(18)20(25)22-12-4-7-19(24)26-13-15-8-10-16(21)11-9-15/h2-3,5-6,8-11H,4,7,12-13H2,1H3,(H,22,25). The average Bonchev–Trinajstić information content (AvgIpc) is 2.64. The molecule has 0 saturated carbocycles. The smallest absolute Gasteiger partial charge is 0.308 e. The van der Waals surface area contributed by atoms with Crippen LogP contribution in [-0.2, 0) is 20.9 Å². The molecule has 1 N–H and O–H groups in total. The Bertz CT molecular complexity index is 804. The van der Waals surface area contributed by atoms with Crippen molar-refractivity contribution in [2.75, 3.05) is 6.54 Å². The number of ether oxygens (including phenoxy) is 2. The summed E-state index contributed by atoms with van der Waals surface area (Å²) in [5.41, 5.74) is 1.11. The van der Waals surface area contributed by atoms with E-state index in [2.05, 4.69) is 5.32 Å². The monoisotopic (exact) mass is 389 g/mol. The van der Waals surface area contributed by atoms with Gasteiger partial charge in [-0.2, -0.15) is 0 Å². The van der Waals surface area contributed by atoms with E-state index in [0.29, 0.717) is 18.0 Å². The van der Waals surface area contributed by atoms with Crippen molar-refractivity contribution in [3.63, 3.8) is 0 Å². The number of rotatable bonds is 8. The molecule has 6 nitrogen and oxygen atoms in total. The zero-order valence-corrected chi connectivity index (χ0v) is 15.6. The fraction of sp³-hybridized carbons (Fsp3) is 0.250. The van der Waals surface area contributed by atoms with Crippen LogP contribution in [0.3, 0.4) is 0 Å². The van der Waals surface area contributed by atoms with Crippen LogP contribution in [-0.4, -0.2) is 24.4 Å². The summed E-state index contributed by atoms with van der Waals surface area (Å²) in [7, 11) is 0. The van der Waals surface area contributed by atoms with E-state index < -0.39 is 5.97 Å². The number of hydrogen-bond donors (Lipinski definition) is 1. The number of carbonyl (C=O) groups is 3. The van der Waals surface area contributed by atoms with Gasteiger partial charge in [0.15, 0.2) is 0 Å². The Balaban J connectivity index is 1.71. The summed E-state index contributed by atoms with van der Waals surface area (Å²) in [5, 5.41) is 3.32. The normalized spacial score (nSPS) is 10.1. The van der Waals surface area contributed by atoms with E-state index in [1.54, 1.807) is 48.5 Å². The van der Waals surface area contributed by atoms with Gasteiger partial charge in [0, 0.05) is 24.9 Å². The van der Waals surface area contributed by atoms with E-state index in [4.69, 9.17) is 21.1 Å². The quantitative estimate of drug-likeness (QED) is 0.424. The maximum Gasteiger partial charge on any atom is 0.308 e. The van der Waals surface area contributed by atoms with Crippen LogP contribution in [0.5, 0.6) is 5.75 Å². The molecule has 0 atom stereocenters. The second-order valence-corrected chi connectivity index (χ2v) is 6.17. The summed E-state index contributed by atoms with van der Waals surface area (Å²) in [6.07, 6.45) is 0.611. The van der Waals surface area contributed by atoms with Crippen molar-refractivity contribution < 1.29 is 23.9 Å². The third kappa shape index (κ3) is 7.11. The number of amides is 1. The zero-order chi connectivity index (χ0) is 19.6. The van der Waals surface area contributed by atoms with E-state index in [9.17, 15) is 14.4 Å². The molecular formula is C20H20ClNO5. The predicted molar refractivity (Wildman–Crippen MR) is 101 cm³/mol. The summed E-state index contributed by atoms with van der Waals surface area (Å²) < 4.78 is 10.2. The lowest BCUT2D eigenvalue weighted by Gasteiger charge is -2.09. The van der Waals surface area contributed by atoms with Crippen molar-refractivity contribution in [1.82, 2.24) is 5.32 Å². The Morgan fingerprint density at radius 2 is 1.74 bits per heavy atom. The van der Waals surface area contributed by atoms with Crippen LogP contribution >= 0.6 is 11.6 Å². The molecule has 0 aliphatic rings. The highest BCUT2D eigenvalue weighted by Gasteiger charge is 2.13. The average molecular weight is 390 g/mol. The number of halogens is 1. The van der Waals surface area contributed by atoms with Crippen LogP contribution < -0.4 is 10.1 Å². The van der Waals surface area contributed by atoms with Gasteiger partial charge in [0.05, 0.1) is 5.56 Å². The minimum atomic E-state index is -0.501. The van der Waals surface area contributed by atoms with Crippen molar-refractivity contribution in [1.29, 1.82) is 0 Å². The molecule has 2 aromatic rings. The fourth-order valence-electron chi connectivity index (χ4n) is 2.24. The van der Waals surface area contributed by atoms with Crippen LogP contribution in [0.15, 0.2) is 48.5 Å². The van der Waals surface area contributed by atoms with Gasteiger partial charge in [0.25, 0.3) is 5.91 Å². The topological polar surface area (TPSA) is 81.7 Å². The minimum Gasteiger partial charge on any atom is -0.461 e. The lowest BCUT2D eigenvalue weighted by atomic mass is 10.2. The Kier molecular flexibility index (Phi) is 7.82. The number of nitrogens with one attached hydrogen (secondary N) is 1. The molecule has 0 aliphatic carbocycles. The number of benzene rings is 2. The third-order valence-corrected chi connectivity index (χ3v) is 3.79. The first-order valence-electron chi connectivity index (χ1n) is 8.41. The lowest BCUT2D eigenvalue weighted by molar-refractivity contribution is -0.145. The van der Waals surface area contributed by atoms with Crippen LogP contribution in [0.2, 0.25) is 5.02 Å². The molecule has 0 saturated heterocycles. The molecule has 0 aliphatic heterocycles. The predicted octanol–water partition coefficient (Wildman–Crippen LogP) is 3.52. The number of esters is 2. The molecule has 0 aromatic heterocycles. The lowest BCUT2D eigenvalue weighted by Crippen LogP contribution is -2.25. The molecule has 7 heteroatoms. The third-order valence-electron chi connectivity index (χ3n) is 3.54. The van der Waals surface area contributed by atoms with Gasteiger partial charge >= 0.3 is 11.9 Å². The zero-order valence-electron chi connectivity index (χ0n) is 14.9. The maximum atomic E-state index is 12.2. The molecule has 142 valence electrons. The van der Waals surface area contributed by atoms with Crippen LogP contribution in [0.25, 0.3) is 0 Å². The Morgan fingerprint density at radius 1 is 1.04 bits per heavy atom. The molecule has 27 heavy (non-hydrogen) atoms. The second-order valence-electron chi connectivity index (χ2n) is 5.74. The summed E-state index contributed by atoms with van der Waals surface area (Å²) in [5.74, 6) is -1.02. The van der Waals surface area contributed by atoms with Crippen LogP contribution in [0, 0.1) is 0 Å². The number of carbonyl (C=O) groups excluding carboxylic acids is 3. The SMILES string of the molecule is CC(=O)Oc1ccccc1C(=O)NCCCC(=O)OCc1ccc(Cl)cc1. The van der Waals surface area contributed by atoms with E-state index in [-0.39, 0.29) is 36.2 Å². The first kappa shape index (κ1) is 20.5. The first-order valence-corrected chi connectivity index (χ1v) is 8.79. The molecule has 0 radical (unpaired) electrons. The maximum absolute atomic E-state index is 12.2. The molecule has 0 spiro atoms. The van der Waals surface area contributed by atoms with E-state index >= 15 is 0 Å². The fourth-order valence-corrected chi connectivity index (χ4v) is 2.37. The highest BCUT2D eigenvalue weighted by molar-refractivity contribution is 6.30. The van der Waals surface area contributed by atoms with Gasteiger partial charge in [-0.05, 0) is 36.2 Å². The molecule has 0 fully saturated rings. The van der Waals surface area contributed by atoms with Crippen molar-refractivity contribution in [3.05, 3.63) is 64.7 Å². The molecule has 0 heterocycles. The summed E-state index contributed by atoms with van der Waals surface area (Å²) in [6, 6.07) is 13.5. The highest BCUT2D eigenvalue weighted by Crippen LogP contribution is 2.18. The van der Waals surface area contributed by atoms with Gasteiger partial charge < -0.3 is 14.8 Å². The number of hydrogen-bond acceptors (Lipinski definition) is 5. The minimum absolute atomic E-state index is 0.179. The molecular weight excluding hydrogens is 370 g/mol. The van der Waals surface area contributed by atoms with E-state index in [1.165, 1.54) is 6.92 Å². The van der Waals surface area contributed by atoms with Gasteiger partial charge in [0.1, 0.15) is 12.4 Å². The van der Waals surface area contributed by atoms with Gasteiger partial charge in [-0.3, -0.25) is 14.4 Å². The summed E-state index contributed by atoms with van der Waals surface area (Å²) in [4.78, 5) is 35.0. The van der Waals surface area contributed by atoms with Gasteiger partial charge in [-0.1, -0.05) is 35.9 Å². The Hall–Kier alpha value is -2.86. The van der Waals surface area contributed by atoms with Crippen molar-refractivity contribution in [2.24, 2.45) is 0 Å². The summed E-state index contributed by atoms with van der Waals surface area (Å²) >= 11 is 5.80. The highest BCUT2D eigenvalue weighted by atomic mass is 35.5. The van der Waals surface area contributed by atoms with Crippen molar-refractivity contribution >= 4 is 29.4 Å². The van der Waals surface area contributed by atoms with Crippen molar-refractivity contribution in [2.45, 2.75) is 26.4 Å². The molecule has 2 aromatic carbocycles. The molecule has 0 unspecified atom stereocenters. The molecule has 0 bridgehead atoms.